The number of esters is 1. The van der Waals surface area contributed by atoms with Crippen LogP contribution in [-0.4, -0.2) is 47.5 Å². The summed E-state index contributed by atoms with van der Waals surface area (Å²) in [6.45, 7) is 3.05. The standard InChI is InChI=1S/C17H23NO5/c1-2-23-17(22)12-4-3-7-18(9-12)15(19)13-10-5-6-11(8-10)14(13)16(20)21/h5-6,10-14H,2-4,7-9H2,1H3,(H,20,21)/t10-,11+,12-,13+,14-/m0/s1. The fraction of sp³-hybridized carbons (Fsp3) is 0.706. The lowest BCUT2D eigenvalue weighted by Gasteiger charge is -2.35. The number of likely N-dealkylation sites (tertiary alicyclic amines) is 1. The SMILES string of the molecule is CCOC(=O)[C@H]1CCCN(C(=O)[C@H]2[C@@H](C(=O)O)[C@@H]3C=C[C@H]2C3)C1. The van der Waals surface area contributed by atoms with E-state index in [1.54, 1.807) is 11.8 Å². The van der Waals surface area contributed by atoms with E-state index in [-0.39, 0.29) is 29.6 Å². The van der Waals surface area contributed by atoms with E-state index in [4.69, 9.17) is 4.74 Å². The molecular weight excluding hydrogens is 298 g/mol. The third-order valence-electron chi connectivity index (χ3n) is 5.38. The maximum Gasteiger partial charge on any atom is 0.310 e. The lowest BCUT2D eigenvalue weighted by molar-refractivity contribution is -0.155. The zero-order valence-corrected chi connectivity index (χ0v) is 13.3. The van der Waals surface area contributed by atoms with Gasteiger partial charge in [-0.05, 0) is 38.0 Å². The highest BCUT2D eigenvalue weighted by Crippen LogP contribution is 2.49. The van der Waals surface area contributed by atoms with Crippen molar-refractivity contribution in [1.82, 2.24) is 4.90 Å². The average molecular weight is 321 g/mol. The average Bonchev–Trinajstić information content (AvgIpc) is 3.15. The molecule has 5 atom stereocenters. The Hall–Kier alpha value is -1.85. The molecule has 2 aliphatic carbocycles. The number of carboxylic acid groups (broad SMARTS) is 1. The first-order valence-electron chi connectivity index (χ1n) is 8.39. The molecule has 3 aliphatic rings. The molecule has 6 heteroatoms. The normalized spacial score (nSPS) is 35.3. The number of hydrogen-bond donors (Lipinski definition) is 1. The Morgan fingerprint density at radius 3 is 2.57 bits per heavy atom. The predicted octanol–water partition coefficient (Wildman–Crippen LogP) is 1.31. The quantitative estimate of drug-likeness (QED) is 0.623. The zero-order chi connectivity index (χ0) is 16.6. The van der Waals surface area contributed by atoms with Gasteiger partial charge in [-0.1, -0.05) is 12.2 Å². The Bertz CT molecular complexity index is 543. The first-order valence-corrected chi connectivity index (χ1v) is 8.39. The molecule has 1 saturated carbocycles. The minimum absolute atomic E-state index is 0.0246. The Labute approximate surface area is 135 Å². The summed E-state index contributed by atoms with van der Waals surface area (Å²) in [4.78, 5) is 38.1. The molecule has 0 aromatic carbocycles. The third kappa shape index (κ3) is 2.86. The van der Waals surface area contributed by atoms with Gasteiger partial charge in [0.15, 0.2) is 0 Å². The van der Waals surface area contributed by atoms with E-state index >= 15 is 0 Å². The number of aliphatic carboxylic acids is 1. The van der Waals surface area contributed by atoms with E-state index < -0.39 is 17.8 Å². The molecule has 3 rings (SSSR count). The van der Waals surface area contributed by atoms with Crippen LogP contribution in [0.15, 0.2) is 12.2 Å². The number of piperidine rings is 1. The van der Waals surface area contributed by atoms with Crippen LogP contribution < -0.4 is 0 Å². The van der Waals surface area contributed by atoms with Gasteiger partial charge in [0.2, 0.25) is 5.91 Å². The molecule has 0 aromatic rings. The van der Waals surface area contributed by atoms with Gasteiger partial charge in [-0.25, -0.2) is 0 Å². The van der Waals surface area contributed by atoms with Gasteiger partial charge in [0.25, 0.3) is 0 Å². The Balaban J connectivity index is 1.71. The van der Waals surface area contributed by atoms with Crippen molar-refractivity contribution in [2.24, 2.45) is 29.6 Å². The number of carbonyl (C=O) groups is 3. The molecule has 0 spiro atoms. The number of nitrogens with zero attached hydrogens (tertiary/aromatic N) is 1. The second-order valence-electron chi connectivity index (χ2n) is 6.71. The van der Waals surface area contributed by atoms with Crippen LogP contribution in [0.3, 0.4) is 0 Å². The Morgan fingerprint density at radius 2 is 1.91 bits per heavy atom. The first kappa shape index (κ1) is 16.0. The van der Waals surface area contributed by atoms with Crippen LogP contribution >= 0.6 is 0 Å². The summed E-state index contributed by atoms with van der Waals surface area (Å²) in [5.74, 6) is -2.65. The van der Waals surface area contributed by atoms with Gasteiger partial charge < -0.3 is 14.7 Å². The summed E-state index contributed by atoms with van der Waals surface area (Å²) in [5.41, 5.74) is 0. The van der Waals surface area contributed by atoms with Crippen LogP contribution in [0.5, 0.6) is 0 Å². The lowest BCUT2D eigenvalue weighted by atomic mass is 9.81. The Kier molecular flexibility index (Phi) is 4.41. The molecule has 23 heavy (non-hydrogen) atoms. The van der Waals surface area contributed by atoms with Crippen molar-refractivity contribution in [3.05, 3.63) is 12.2 Å². The molecule has 1 amide bonds. The molecule has 1 N–H and O–H groups in total. The largest absolute Gasteiger partial charge is 0.481 e. The minimum atomic E-state index is -0.890. The van der Waals surface area contributed by atoms with E-state index in [0.717, 1.165) is 19.3 Å². The van der Waals surface area contributed by atoms with Crippen molar-refractivity contribution in [1.29, 1.82) is 0 Å². The summed E-state index contributed by atoms with van der Waals surface area (Å²) >= 11 is 0. The van der Waals surface area contributed by atoms with E-state index in [1.807, 2.05) is 12.2 Å². The molecule has 0 unspecified atom stereocenters. The van der Waals surface area contributed by atoms with E-state index in [9.17, 15) is 19.5 Å². The summed E-state index contributed by atoms with van der Waals surface area (Å²) in [5, 5.41) is 9.48. The van der Waals surface area contributed by atoms with Crippen molar-refractivity contribution >= 4 is 17.8 Å². The second-order valence-corrected chi connectivity index (χ2v) is 6.71. The summed E-state index contributed by atoms with van der Waals surface area (Å²) in [7, 11) is 0. The van der Waals surface area contributed by atoms with Crippen molar-refractivity contribution in [3.63, 3.8) is 0 Å². The van der Waals surface area contributed by atoms with Gasteiger partial charge in [-0.15, -0.1) is 0 Å². The topological polar surface area (TPSA) is 83.9 Å². The van der Waals surface area contributed by atoms with Gasteiger partial charge in [0.05, 0.1) is 24.4 Å². The molecule has 0 radical (unpaired) electrons. The maximum absolute atomic E-state index is 12.9. The van der Waals surface area contributed by atoms with Crippen molar-refractivity contribution < 1.29 is 24.2 Å². The molecule has 6 nitrogen and oxygen atoms in total. The number of amides is 1. The highest BCUT2D eigenvalue weighted by Gasteiger charge is 2.53. The Morgan fingerprint density at radius 1 is 1.22 bits per heavy atom. The monoisotopic (exact) mass is 321 g/mol. The summed E-state index contributed by atoms with van der Waals surface area (Å²) < 4.78 is 5.06. The van der Waals surface area contributed by atoms with E-state index in [2.05, 4.69) is 0 Å². The van der Waals surface area contributed by atoms with E-state index in [1.165, 1.54) is 0 Å². The van der Waals surface area contributed by atoms with Crippen molar-refractivity contribution in [3.8, 4) is 0 Å². The molecule has 1 aliphatic heterocycles. The van der Waals surface area contributed by atoms with Gasteiger partial charge >= 0.3 is 11.9 Å². The molecule has 126 valence electrons. The zero-order valence-electron chi connectivity index (χ0n) is 13.3. The van der Waals surface area contributed by atoms with Gasteiger partial charge in [0, 0.05) is 13.1 Å². The minimum Gasteiger partial charge on any atom is -0.481 e. The third-order valence-corrected chi connectivity index (χ3v) is 5.38. The summed E-state index contributed by atoms with van der Waals surface area (Å²) in [6, 6.07) is 0. The van der Waals surface area contributed by atoms with Crippen LogP contribution in [0, 0.1) is 29.6 Å². The number of rotatable bonds is 4. The number of allylic oxidation sites excluding steroid dienone is 2. The van der Waals surface area contributed by atoms with E-state index in [0.29, 0.717) is 19.7 Å². The molecule has 1 heterocycles. The van der Waals surface area contributed by atoms with Crippen LogP contribution in [0.1, 0.15) is 26.2 Å². The molecule has 2 bridgehead atoms. The van der Waals surface area contributed by atoms with Crippen LogP contribution in [-0.2, 0) is 19.1 Å². The number of carboxylic acids is 1. The highest BCUT2D eigenvalue weighted by atomic mass is 16.5. The van der Waals surface area contributed by atoms with Crippen LogP contribution in [0.4, 0.5) is 0 Å². The molecule has 2 fully saturated rings. The number of carbonyl (C=O) groups excluding carboxylic acids is 2. The van der Waals surface area contributed by atoms with Crippen molar-refractivity contribution in [2.45, 2.75) is 26.2 Å². The number of ether oxygens (including phenoxy) is 1. The lowest BCUT2D eigenvalue weighted by Crippen LogP contribution is -2.48. The molecule has 0 aromatic heterocycles. The second kappa shape index (κ2) is 6.34. The highest BCUT2D eigenvalue weighted by molar-refractivity contribution is 5.87. The number of hydrogen-bond acceptors (Lipinski definition) is 4. The summed E-state index contributed by atoms with van der Waals surface area (Å²) in [6.07, 6.45) is 6.15. The fourth-order valence-corrected chi connectivity index (χ4v) is 4.34. The fourth-order valence-electron chi connectivity index (χ4n) is 4.34. The molecular formula is C17H23NO5. The van der Waals surface area contributed by atoms with Crippen LogP contribution in [0.25, 0.3) is 0 Å². The van der Waals surface area contributed by atoms with Gasteiger partial charge in [0.1, 0.15) is 0 Å². The first-order chi connectivity index (χ1) is 11.0. The van der Waals surface area contributed by atoms with Gasteiger partial charge in [-0.3, -0.25) is 14.4 Å². The van der Waals surface area contributed by atoms with Crippen LogP contribution in [0.2, 0.25) is 0 Å². The number of fused-ring (bicyclic) bond motifs is 2. The van der Waals surface area contributed by atoms with Crippen molar-refractivity contribution in [2.75, 3.05) is 19.7 Å². The van der Waals surface area contributed by atoms with Gasteiger partial charge in [-0.2, -0.15) is 0 Å². The maximum atomic E-state index is 12.9. The smallest absolute Gasteiger partial charge is 0.310 e. The predicted molar refractivity (Wildman–Crippen MR) is 81.3 cm³/mol. The molecule has 1 saturated heterocycles.